The van der Waals surface area contributed by atoms with E-state index in [1.807, 2.05) is 45.1 Å². The minimum absolute atomic E-state index is 0. The Morgan fingerprint density at radius 2 is 1.30 bits per heavy atom. The number of nitrogens with one attached hydrogen (secondary N) is 2. The van der Waals surface area contributed by atoms with Gasteiger partial charge >= 0.3 is 29.0 Å². The topological polar surface area (TPSA) is 240 Å². The minimum atomic E-state index is -0.933. The summed E-state index contributed by atoms with van der Waals surface area (Å²) in [5, 5.41) is 27.1. The second-order valence-corrected chi connectivity index (χ2v) is 17.7. The number of allylic oxidation sites excluding steroid dienone is 1. The second kappa shape index (κ2) is 21.0. The van der Waals surface area contributed by atoms with E-state index < -0.39 is 30.1 Å². The smallest absolute Gasteiger partial charge is 0.658 e. The fourth-order valence-corrected chi connectivity index (χ4v) is 9.96. The summed E-state index contributed by atoms with van der Waals surface area (Å²) in [6.45, 7) is 12.1. The normalized spacial score (nSPS) is 18.8. The van der Waals surface area contributed by atoms with Crippen molar-refractivity contribution in [2.45, 2.75) is 102 Å². The molecule has 0 spiro atoms. The van der Waals surface area contributed by atoms with Crippen LogP contribution in [0.4, 0.5) is 0 Å². The maximum absolute atomic E-state index is 12.4. The summed E-state index contributed by atoms with van der Waals surface area (Å²) in [5.74, 6) is -1.57. The van der Waals surface area contributed by atoms with Crippen LogP contribution in [0.25, 0.3) is 24.3 Å². The van der Waals surface area contributed by atoms with Crippen LogP contribution in [0.2, 0.25) is 0 Å². The fourth-order valence-electron chi connectivity index (χ4n) is 7.74. The van der Waals surface area contributed by atoms with Crippen LogP contribution in [0.1, 0.15) is 90.1 Å². The van der Waals surface area contributed by atoms with Crippen molar-refractivity contribution >= 4 is 77.3 Å². The number of thioether (sulfide) groups is 2. The molecule has 2 aliphatic heterocycles. The van der Waals surface area contributed by atoms with Crippen LogP contribution in [0, 0.1) is 20.8 Å². The van der Waals surface area contributed by atoms with Gasteiger partial charge in [0.05, 0.1) is 23.8 Å². The van der Waals surface area contributed by atoms with Crippen molar-refractivity contribution in [2.24, 2.45) is 16.5 Å². The summed E-state index contributed by atoms with van der Waals surface area (Å²) < 4.78 is 0. The Kier molecular flexibility index (Phi) is 17.0. The summed E-state index contributed by atoms with van der Waals surface area (Å²) in [6.07, 6.45) is 8.75. The zero-order chi connectivity index (χ0) is 43.3. The van der Waals surface area contributed by atoms with E-state index in [-0.39, 0.29) is 65.1 Å². The number of nitrogens with two attached hydrogens (primary N) is 2. The first-order valence-corrected chi connectivity index (χ1v) is 21.9. The van der Waals surface area contributed by atoms with Crippen molar-refractivity contribution in [1.82, 2.24) is 25.6 Å². The molecule has 321 valence electrons. The van der Waals surface area contributed by atoms with Gasteiger partial charge in [0.15, 0.2) is 0 Å². The predicted octanol–water partition coefficient (Wildman–Crippen LogP) is 0.340. The Balaban J connectivity index is 0.00000794. The van der Waals surface area contributed by atoms with Crippen molar-refractivity contribution in [1.29, 1.82) is 0 Å². The van der Waals surface area contributed by atoms with Crippen LogP contribution >= 0.6 is 23.5 Å². The SMILES string of the molecule is CCC1=C(C(C)SCC(N)C(=O)NC)C2/C=c3\[n-]/c(c(CCC(=O)O)c3C)=C\c3[n-]c(c(C)c3CCC(=O)O)/C=c3\[n-]/c(c(C(C)SCC(N)C(=O)NC)c3C)=C\C1=N2.[Fe+5]. The standard InChI is InChI=1S/C43H58N8O6S2.Fe/c1-9-25-33-17-36-40(23(5)58-18-28(44)42(56)46-7)22(4)32(50-36)14-30-20(2)26(10-12-38(52)53)34(48-30)16-35-27(11-13-39(54)55)21(3)31(49-35)15-37(51-33)41(25)24(6)59-19-29(45)43(57)47-8;/h14-17,23-24,28-29,37H,9-13,18-19,44-45H2,1-8H3,(H7,46,47,48,49,50,51,52,53,54,55,56,57);/q;+5/p-3/b31-15-;. The number of amides is 2. The first-order valence-electron chi connectivity index (χ1n) is 19.8. The molecule has 0 aliphatic carbocycles. The largest absolute Gasteiger partial charge is 5.00 e. The van der Waals surface area contributed by atoms with Crippen LogP contribution < -0.4 is 58.4 Å². The van der Waals surface area contributed by atoms with E-state index in [9.17, 15) is 29.4 Å². The number of carboxylic acid groups (broad SMARTS) is 2. The van der Waals surface area contributed by atoms with Crippen molar-refractivity contribution in [2.75, 3.05) is 25.6 Å². The zero-order valence-corrected chi connectivity index (χ0v) is 38.0. The van der Waals surface area contributed by atoms with Gasteiger partial charge in [-0.05, 0) is 70.6 Å². The Labute approximate surface area is 369 Å². The van der Waals surface area contributed by atoms with Crippen molar-refractivity contribution in [3.8, 4) is 0 Å². The molecule has 1 radical (unpaired) electrons. The number of hydrogen-bond donors (Lipinski definition) is 6. The third-order valence-electron chi connectivity index (χ3n) is 11.1. The monoisotopic (exact) mass is 899 g/mol. The van der Waals surface area contributed by atoms with Crippen molar-refractivity contribution in [3.05, 3.63) is 77.3 Å². The van der Waals surface area contributed by atoms with E-state index in [4.69, 9.17) is 31.4 Å². The van der Waals surface area contributed by atoms with E-state index in [2.05, 4.69) is 31.4 Å². The molecule has 17 heteroatoms. The molecule has 2 amide bonds. The van der Waals surface area contributed by atoms with Crippen molar-refractivity contribution < 1.29 is 46.5 Å². The summed E-state index contributed by atoms with van der Waals surface area (Å²) in [4.78, 5) is 69.0. The van der Waals surface area contributed by atoms with Gasteiger partial charge in [-0.3, -0.25) is 24.2 Å². The van der Waals surface area contributed by atoms with Crippen LogP contribution in [-0.4, -0.2) is 88.7 Å². The molecule has 8 bridgehead atoms. The summed E-state index contributed by atoms with van der Waals surface area (Å²) in [7, 11) is 3.13. The number of aliphatic carboxylic acids is 2. The molecule has 5 rings (SSSR count). The van der Waals surface area contributed by atoms with Gasteiger partial charge in [0.25, 0.3) is 0 Å². The minimum Gasteiger partial charge on any atom is -0.658 e. The second-order valence-electron chi connectivity index (χ2n) is 14.9. The number of aromatic nitrogens is 3. The number of carbonyl (C=O) groups is 4. The summed E-state index contributed by atoms with van der Waals surface area (Å²) >= 11 is 3.14. The first kappa shape index (κ1) is 48.4. The molecule has 2 aliphatic rings. The Bertz CT molecular complexity index is 2450. The molecule has 5 heterocycles. The van der Waals surface area contributed by atoms with Crippen molar-refractivity contribution in [3.63, 3.8) is 0 Å². The van der Waals surface area contributed by atoms with Gasteiger partial charge in [0, 0.05) is 48.9 Å². The molecule has 5 unspecified atom stereocenters. The summed E-state index contributed by atoms with van der Waals surface area (Å²) in [5.41, 5.74) is 21.6. The molecule has 3 aromatic heterocycles. The zero-order valence-electron chi connectivity index (χ0n) is 35.3. The van der Waals surface area contributed by atoms with Gasteiger partial charge in [0.1, 0.15) is 0 Å². The quantitative estimate of drug-likeness (QED) is 0.100. The molecule has 60 heavy (non-hydrogen) atoms. The Morgan fingerprint density at radius 3 is 1.87 bits per heavy atom. The third-order valence-corrected chi connectivity index (χ3v) is 13.7. The Hall–Kier alpha value is -4.25. The van der Waals surface area contributed by atoms with E-state index in [1.54, 1.807) is 37.6 Å². The number of rotatable bonds is 17. The molecular weight excluding hydrogens is 845 g/mol. The van der Waals surface area contributed by atoms with E-state index in [1.165, 1.54) is 0 Å². The number of hydrogen-bond acceptors (Lipinski definition) is 9. The molecule has 0 saturated carbocycles. The molecule has 0 aromatic carbocycles. The number of nitrogens with zero attached hydrogens (tertiary/aromatic N) is 4. The van der Waals surface area contributed by atoms with Gasteiger partial charge in [-0.1, -0.05) is 59.0 Å². The van der Waals surface area contributed by atoms with E-state index >= 15 is 0 Å². The average molecular weight is 900 g/mol. The maximum Gasteiger partial charge on any atom is 5.00 e. The van der Waals surface area contributed by atoms with Crippen LogP contribution in [-0.2, 0) is 49.1 Å². The molecule has 0 fully saturated rings. The average Bonchev–Trinajstić information content (AvgIpc) is 3.89. The predicted molar refractivity (Wildman–Crippen MR) is 235 cm³/mol. The van der Waals surface area contributed by atoms with Crippen LogP contribution in [0.5, 0.6) is 0 Å². The third kappa shape index (κ3) is 10.8. The first-order chi connectivity index (χ1) is 28.0. The van der Waals surface area contributed by atoms with Gasteiger partial charge in [-0.25, -0.2) is 0 Å². The number of fused-ring (bicyclic) bond motifs is 7. The van der Waals surface area contributed by atoms with Gasteiger partial charge < -0.3 is 47.3 Å². The maximum atomic E-state index is 12.4. The van der Waals surface area contributed by atoms with E-state index in [0.717, 1.165) is 55.6 Å². The summed E-state index contributed by atoms with van der Waals surface area (Å²) in [6, 6.07) is -1.84. The number of aliphatic imine (C=N–C) groups is 1. The van der Waals surface area contributed by atoms with Gasteiger partial charge in [-0.15, -0.1) is 32.8 Å². The van der Waals surface area contributed by atoms with E-state index in [0.29, 0.717) is 45.4 Å². The molecule has 14 nitrogen and oxygen atoms in total. The Morgan fingerprint density at radius 1 is 0.750 bits per heavy atom. The number of carboxylic acids is 2. The molecule has 0 saturated heterocycles. The fraction of sp³-hybridized carbons (Fsp3) is 0.465. The molecule has 5 atom stereocenters. The molecular formula is C43H55FeN8O6S2+2. The van der Waals surface area contributed by atoms with Gasteiger partial charge in [-0.2, -0.15) is 23.5 Å². The number of likely N-dealkylation sites (N-methyl/N-ethyl adjacent to an activating group) is 2. The molecule has 3 aromatic rings. The van der Waals surface area contributed by atoms with Crippen LogP contribution in [0.3, 0.4) is 0 Å². The number of carbonyl (C=O) groups excluding carboxylic acids is 2. The van der Waals surface area contributed by atoms with Gasteiger partial charge in [0.2, 0.25) is 11.8 Å². The van der Waals surface area contributed by atoms with Crippen LogP contribution in [0.15, 0.2) is 16.1 Å². The molecule has 8 N–H and O–H groups in total.